The molecule has 1 aliphatic heterocycles. The van der Waals surface area contributed by atoms with Gasteiger partial charge in [0.1, 0.15) is 5.56 Å². The van der Waals surface area contributed by atoms with Gasteiger partial charge in [-0.05, 0) is 23.6 Å². The number of ether oxygens (including phenoxy) is 3. The van der Waals surface area contributed by atoms with Crippen molar-refractivity contribution >= 4 is 16.7 Å². The van der Waals surface area contributed by atoms with E-state index in [0.717, 1.165) is 10.8 Å². The van der Waals surface area contributed by atoms with Gasteiger partial charge in [-0.3, -0.25) is 4.98 Å². The quantitative estimate of drug-likeness (QED) is 0.679. The molecule has 0 saturated carbocycles. The van der Waals surface area contributed by atoms with Crippen molar-refractivity contribution in [2.24, 2.45) is 0 Å². The van der Waals surface area contributed by atoms with Gasteiger partial charge in [0.05, 0.1) is 12.8 Å². The normalized spacial score (nSPS) is 12.4. The fraction of sp³-hybridized carbons (Fsp3) is 0.111. The molecule has 0 atom stereocenters. The molecule has 0 amide bonds. The molecule has 0 saturated heterocycles. The number of aromatic nitrogens is 1. The molecule has 23 heavy (non-hydrogen) atoms. The first-order valence-corrected chi connectivity index (χ1v) is 7.14. The highest BCUT2D eigenvalue weighted by Gasteiger charge is 2.27. The lowest BCUT2D eigenvalue weighted by atomic mass is 10.0. The van der Waals surface area contributed by atoms with Gasteiger partial charge in [0.2, 0.25) is 6.79 Å². The van der Waals surface area contributed by atoms with E-state index in [1.165, 1.54) is 7.11 Å². The second-order valence-corrected chi connectivity index (χ2v) is 5.13. The molecular formula is C18H13NO4. The summed E-state index contributed by atoms with van der Waals surface area (Å²) in [5, 5.41) is 2.09. The van der Waals surface area contributed by atoms with Crippen LogP contribution in [-0.2, 0) is 4.74 Å². The Kier molecular flexibility index (Phi) is 3.12. The van der Waals surface area contributed by atoms with Crippen molar-refractivity contribution in [1.82, 2.24) is 4.98 Å². The highest BCUT2D eigenvalue weighted by atomic mass is 16.7. The van der Waals surface area contributed by atoms with Crippen molar-refractivity contribution < 1.29 is 19.0 Å². The van der Waals surface area contributed by atoms with Gasteiger partial charge in [0.15, 0.2) is 11.5 Å². The fourth-order valence-corrected chi connectivity index (χ4v) is 2.72. The zero-order valence-corrected chi connectivity index (χ0v) is 12.4. The maximum absolute atomic E-state index is 12.2. The van der Waals surface area contributed by atoms with Gasteiger partial charge in [0.25, 0.3) is 0 Å². The summed E-state index contributed by atoms with van der Waals surface area (Å²) in [6.07, 6.45) is 1.79. The van der Waals surface area contributed by atoms with Gasteiger partial charge >= 0.3 is 5.97 Å². The lowest BCUT2D eigenvalue weighted by Gasteiger charge is -2.11. The monoisotopic (exact) mass is 307 g/mol. The topological polar surface area (TPSA) is 57.7 Å². The molecule has 1 aromatic heterocycles. The first-order valence-electron chi connectivity index (χ1n) is 7.14. The van der Waals surface area contributed by atoms with E-state index in [-0.39, 0.29) is 6.79 Å². The van der Waals surface area contributed by atoms with Crippen LogP contribution >= 0.6 is 0 Å². The minimum absolute atomic E-state index is 0.0912. The molecule has 1 aliphatic rings. The lowest BCUT2D eigenvalue weighted by Crippen LogP contribution is -2.06. The predicted octanol–water partition coefficient (Wildman–Crippen LogP) is 3.42. The van der Waals surface area contributed by atoms with Crippen molar-refractivity contribution in [1.29, 1.82) is 0 Å². The summed E-state index contributed by atoms with van der Waals surface area (Å²) in [5.74, 6) is 0.469. The number of esters is 1. The van der Waals surface area contributed by atoms with Gasteiger partial charge in [-0.25, -0.2) is 4.79 Å². The number of rotatable bonds is 2. The smallest absolute Gasteiger partial charge is 0.342 e. The third-order valence-corrected chi connectivity index (χ3v) is 3.84. The number of fused-ring (bicyclic) bond motifs is 2. The van der Waals surface area contributed by atoms with Gasteiger partial charge in [-0.1, -0.05) is 24.3 Å². The predicted molar refractivity (Wildman–Crippen MR) is 84.6 cm³/mol. The van der Waals surface area contributed by atoms with E-state index in [4.69, 9.17) is 14.2 Å². The number of hydrogen-bond donors (Lipinski definition) is 0. The van der Waals surface area contributed by atoms with Gasteiger partial charge in [-0.2, -0.15) is 0 Å². The van der Waals surface area contributed by atoms with Gasteiger partial charge < -0.3 is 14.2 Å². The van der Waals surface area contributed by atoms with Crippen LogP contribution in [0, 0.1) is 0 Å². The first-order chi connectivity index (χ1) is 11.3. The Labute approximate surface area is 132 Å². The number of carbonyl (C=O) groups excluding carboxylic acids is 1. The van der Waals surface area contributed by atoms with Crippen molar-refractivity contribution in [2.45, 2.75) is 0 Å². The number of carbonyl (C=O) groups is 1. The number of pyridine rings is 1. The van der Waals surface area contributed by atoms with E-state index in [1.54, 1.807) is 18.3 Å². The summed E-state index contributed by atoms with van der Waals surface area (Å²) >= 11 is 0. The van der Waals surface area contributed by atoms with Crippen molar-refractivity contribution in [3.63, 3.8) is 0 Å². The Morgan fingerprint density at radius 3 is 2.78 bits per heavy atom. The number of nitrogens with zero attached hydrogens (tertiary/aromatic N) is 1. The van der Waals surface area contributed by atoms with E-state index < -0.39 is 5.97 Å². The van der Waals surface area contributed by atoms with Crippen LogP contribution in [0.1, 0.15) is 10.4 Å². The molecule has 0 radical (unpaired) electrons. The molecule has 0 fully saturated rings. The van der Waals surface area contributed by atoms with Crippen LogP contribution < -0.4 is 9.47 Å². The molecule has 3 aromatic rings. The number of benzene rings is 2. The zero-order valence-electron chi connectivity index (χ0n) is 12.4. The molecule has 5 nitrogen and oxygen atoms in total. The standard InChI is InChI=1S/C18H13NO4/c1-21-18(20)16-13(6-7-15-17(16)23-10-22-15)14-8-11-4-2-3-5-12(11)9-19-14/h2-9H,10H2,1H3. The van der Waals surface area contributed by atoms with Crippen molar-refractivity contribution in [2.75, 3.05) is 13.9 Å². The SMILES string of the molecule is COC(=O)c1c(-c2cc3ccccc3cn2)ccc2c1OCO2. The third kappa shape index (κ3) is 2.17. The molecule has 5 heteroatoms. The summed E-state index contributed by atoms with van der Waals surface area (Å²) < 4.78 is 15.7. The second kappa shape index (κ2) is 5.28. The molecule has 2 heterocycles. The first kappa shape index (κ1) is 13.6. The largest absolute Gasteiger partial charge is 0.465 e. The molecule has 0 N–H and O–H groups in total. The number of hydrogen-bond acceptors (Lipinski definition) is 5. The lowest BCUT2D eigenvalue weighted by molar-refractivity contribution is 0.0597. The zero-order chi connectivity index (χ0) is 15.8. The molecular weight excluding hydrogens is 294 g/mol. The van der Waals surface area contributed by atoms with Crippen LogP contribution in [0.4, 0.5) is 0 Å². The van der Waals surface area contributed by atoms with E-state index in [0.29, 0.717) is 28.3 Å². The minimum atomic E-state index is -0.475. The molecule has 2 aromatic carbocycles. The van der Waals surface area contributed by atoms with Crippen LogP contribution in [0.5, 0.6) is 11.5 Å². The maximum atomic E-state index is 12.2. The average molecular weight is 307 g/mol. The fourth-order valence-electron chi connectivity index (χ4n) is 2.72. The second-order valence-electron chi connectivity index (χ2n) is 5.13. The van der Waals surface area contributed by atoms with Crippen molar-refractivity contribution in [3.8, 4) is 22.8 Å². The highest BCUT2D eigenvalue weighted by Crippen LogP contribution is 2.41. The molecule has 0 aliphatic carbocycles. The van der Waals surface area contributed by atoms with E-state index in [9.17, 15) is 4.79 Å². The Balaban J connectivity index is 1.95. The van der Waals surface area contributed by atoms with E-state index in [1.807, 2.05) is 30.3 Å². The van der Waals surface area contributed by atoms with Crippen molar-refractivity contribution in [3.05, 3.63) is 54.2 Å². The summed E-state index contributed by atoms with van der Waals surface area (Å²) in [6.45, 7) is 0.0912. The minimum Gasteiger partial charge on any atom is -0.465 e. The van der Waals surface area contributed by atoms with E-state index >= 15 is 0 Å². The van der Waals surface area contributed by atoms with Crippen LogP contribution in [0.15, 0.2) is 48.7 Å². The average Bonchev–Trinajstić information content (AvgIpc) is 3.08. The Morgan fingerprint density at radius 1 is 1.13 bits per heavy atom. The summed E-state index contributed by atoms with van der Waals surface area (Å²) in [5.41, 5.74) is 1.68. The summed E-state index contributed by atoms with van der Waals surface area (Å²) in [7, 11) is 1.34. The highest BCUT2D eigenvalue weighted by molar-refractivity contribution is 6.01. The molecule has 0 bridgehead atoms. The summed E-state index contributed by atoms with van der Waals surface area (Å²) in [4.78, 5) is 16.7. The van der Waals surface area contributed by atoms with Crippen LogP contribution in [0.2, 0.25) is 0 Å². The molecule has 0 unspecified atom stereocenters. The third-order valence-electron chi connectivity index (χ3n) is 3.84. The Bertz CT molecular complexity index is 920. The Morgan fingerprint density at radius 2 is 1.96 bits per heavy atom. The molecule has 0 spiro atoms. The maximum Gasteiger partial charge on any atom is 0.342 e. The molecule has 4 rings (SSSR count). The van der Waals surface area contributed by atoms with Crippen LogP contribution in [0.25, 0.3) is 22.0 Å². The molecule has 114 valence electrons. The van der Waals surface area contributed by atoms with Crippen LogP contribution in [-0.4, -0.2) is 24.9 Å². The number of methoxy groups -OCH3 is 1. The van der Waals surface area contributed by atoms with E-state index in [2.05, 4.69) is 4.98 Å². The summed E-state index contributed by atoms with van der Waals surface area (Å²) in [6, 6.07) is 13.5. The Hall–Kier alpha value is -3.08. The van der Waals surface area contributed by atoms with Gasteiger partial charge in [0, 0.05) is 17.1 Å². The van der Waals surface area contributed by atoms with Gasteiger partial charge in [-0.15, -0.1) is 0 Å². The van der Waals surface area contributed by atoms with Crippen LogP contribution in [0.3, 0.4) is 0 Å².